The molecule has 0 aliphatic rings. The van der Waals surface area contributed by atoms with Gasteiger partial charge in [0.05, 0.1) is 13.2 Å². The van der Waals surface area contributed by atoms with Crippen LogP contribution in [-0.4, -0.2) is 34.5 Å². The minimum absolute atomic E-state index is 0.0996. The van der Waals surface area contributed by atoms with Gasteiger partial charge in [0, 0.05) is 6.42 Å². The summed E-state index contributed by atoms with van der Waals surface area (Å²) in [5, 5.41) is 0. The highest BCUT2D eigenvalue weighted by Crippen LogP contribution is 2.34. The minimum atomic E-state index is -3.70. The zero-order valence-electron chi connectivity index (χ0n) is 9.89. The summed E-state index contributed by atoms with van der Waals surface area (Å²) in [5.41, 5.74) is 0. The van der Waals surface area contributed by atoms with Gasteiger partial charge in [-0.15, -0.1) is 0 Å². The van der Waals surface area contributed by atoms with E-state index in [1.807, 2.05) is 0 Å². The molecule has 0 amide bonds. The van der Waals surface area contributed by atoms with Crippen LogP contribution in [0.2, 0.25) is 0 Å². The predicted octanol–water partition coefficient (Wildman–Crippen LogP) is 2.33. The third-order valence-corrected chi connectivity index (χ3v) is 2.65. The Balaban J connectivity index is 4.68. The van der Waals surface area contributed by atoms with Crippen molar-refractivity contribution in [2.75, 3.05) is 13.2 Å². The van der Waals surface area contributed by atoms with Crippen LogP contribution in [0.5, 0.6) is 0 Å². The second-order valence-electron chi connectivity index (χ2n) is 3.52. The van der Waals surface area contributed by atoms with E-state index < -0.39 is 27.7 Å². The van der Waals surface area contributed by atoms with Crippen molar-refractivity contribution in [3.05, 3.63) is 0 Å². The van der Waals surface area contributed by atoms with E-state index in [9.17, 15) is 18.4 Å². The van der Waals surface area contributed by atoms with Crippen molar-refractivity contribution < 1.29 is 27.8 Å². The Hall–Kier alpha value is -0.470. The molecular weight excluding hydrogens is 349 g/mol. The lowest BCUT2D eigenvalue weighted by Crippen LogP contribution is -2.42. The molecule has 0 heterocycles. The first-order chi connectivity index (χ1) is 7.67. The lowest BCUT2D eigenvalue weighted by molar-refractivity contribution is -0.174. The van der Waals surface area contributed by atoms with Crippen molar-refractivity contribution in [1.29, 1.82) is 0 Å². The number of halogens is 3. The molecule has 0 aliphatic carbocycles. The molecule has 1 unspecified atom stereocenters. The van der Waals surface area contributed by atoms with Crippen molar-refractivity contribution in [3.8, 4) is 0 Å². The van der Waals surface area contributed by atoms with E-state index in [0.717, 1.165) is 0 Å². The molecular formula is C10H15F2IO4. The van der Waals surface area contributed by atoms with E-state index in [1.165, 1.54) is 13.8 Å². The zero-order valence-corrected chi connectivity index (χ0v) is 12.0. The fourth-order valence-corrected chi connectivity index (χ4v) is 1.71. The quantitative estimate of drug-likeness (QED) is 0.413. The van der Waals surface area contributed by atoms with Crippen LogP contribution in [0.4, 0.5) is 8.78 Å². The molecule has 0 aliphatic heterocycles. The summed E-state index contributed by atoms with van der Waals surface area (Å²) in [5.74, 6) is -6.09. The van der Waals surface area contributed by atoms with Crippen LogP contribution >= 0.6 is 22.6 Å². The van der Waals surface area contributed by atoms with E-state index in [1.54, 1.807) is 29.5 Å². The summed E-state index contributed by atoms with van der Waals surface area (Å²) < 4.78 is 34.3. The number of esters is 2. The van der Waals surface area contributed by atoms with Crippen LogP contribution in [-0.2, 0) is 19.1 Å². The maximum absolute atomic E-state index is 13.4. The van der Waals surface area contributed by atoms with Crippen molar-refractivity contribution in [1.82, 2.24) is 0 Å². The Labute approximate surface area is 112 Å². The summed E-state index contributed by atoms with van der Waals surface area (Å²) in [6.45, 7) is 4.27. The van der Waals surface area contributed by atoms with E-state index in [4.69, 9.17) is 0 Å². The zero-order chi connectivity index (χ0) is 13.7. The molecule has 0 saturated heterocycles. The molecule has 7 heteroatoms. The molecule has 1 atom stereocenters. The van der Waals surface area contributed by atoms with Gasteiger partial charge < -0.3 is 9.47 Å². The van der Waals surface area contributed by atoms with Crippen molar-refractivity contribution in [2.45, 2.75) is 36.5 Å². The van der Waals surface area contributed by atoms with Crippen LogP contribution in [0.3, 0.4) is 0 Å². The van der Waals surface area contributed by atoms with Crippen molar-refractivity contribution in [2.24, 2.45) is 0 Å². The molecule has 0 radical (unpaired) electrons. The van der Waals surface area contributed by atoms with Gasteiger partial charge in [0.25, 0.3) is 0 Å². The van der Waals surface area contributed by atoms with Crippen LogP contribution < -0.4 is 0 Å². The van der Waals surface area contributed by atoms with Crippen molar-refractivity contribution in [3.63, 3.8) is 0 Å². The van der Waals surface area contributed by atoms with Gasteiger partial charge in [0.2, 0.25) is 0 Å². The number of hydrogen-bond acceptors (Lipinski definition) is 4. The average Bonchev–Trinajstić information content (AvgIpc) is 2.16. The summed E-state index contributed by atoms with van der Waals surface area (Å²) in [4.78, 5) is 22.4. The number of hydrogen-bond donors (Lipinski definition) is 0. The molecule has 0 spiro atoms. The second-order valence-corrected chi connectivity index (χ2v) is 5.90. The first-order valence-corrected chi connectivity index (χ1v) is 6.16. The first kappa shape index (κ1) is 16.5. The maximum Gasteiger partial charge on any atom is 0.377 e. The van der Waals surface area contributed by atoms with E-state index >= 15 is 0 Å². The number of ether oxygens (including phenoxy) is 2. The SMILES string of the molecule is CCOC(=O)C(F)(F)CC(C)(I)C(=O)OCC. The molecule has 0 bridgehead atoms. The van der Waals surface area contributed by atoms with E-state index in [2.05, 4.69) is 9.47 Å². The van der Waals surface area contributed by atoms with Gasteiger partial charge in [-0.05, 0) is 20.8 Å². The Bertz CT molecular complexity index is 264. The highest BCUT2D eigenvalue weighted by Gasteiger charge is 2.49. The molecule has 0 fully saturated rings. The van der Waals surface area contributed by atoms with Gasteiger partial charge in [0.15, 0.2) is 0 Å². The lowest BCUT2D eigenvalue weighted by atomic mass is 10.0. The molecule has 4 nitrogen and oxygen atoms in total. The maximum atomic E-state index is 13.4. The third-order valence-electron chi connectivity index (χ3n) is 1.83. The van der Waals surface area contributed by atoms with Gasteiger partial charge in [-0.3, -0.25) is 4.79 Å². The number of carbonyl (C=O) groups excluding carboxylic acids is 2. The lowest BCUT2D eigenvalue weighted by Gasteiger charge is -2.24. The monoisotopic (exact) mass is 364 g/mol. The minimum Gasteiger partial charge on any atom is -0.465 e. The van der Waals surface area contributed by atoms with Gasteiger partial charge in [-0.25, -0.2) is 4.79 Å². The molecule has 0 saturated carbocycles. The highest BCUT2D eigenvalue weighted by atomic mass is 127. The van der Waals surface area contributed by atoms with Gasteiger partial charge in [-0.1, -0.05) is 22.6 Å². The molecule has 17 heavy (non-hydrogen) atoms. The Morgan fingerprint density at radius 1 is 1.12 bits per heavy atom. The molecule has 0 rings (SSSR count). The third kappa shape index (κ3) is 5.13. The molecule has 0 aromatic carbocycles. The Morgan fingerprint density at radius 2 is 1.53 bits per heavy atom. The van der Waals surface area contributed by atoms with Crippen LogP contribution in [0.25, 0.3) is 0 Å². The van der Waals surface area contributed by atoms with Crippen LogP contribution in [0.1, 0.15) is 27.2 Å². The van der Waals surface area contributed by atoms with E-state index in [-0.39, 0.29) is 13.2 Å². The van der Waals surface area contributed by atoms with Gasteiger partial charge in [0.1, 0.15) is 3.42 Å². The number of alkyl halides is 3. The summed E-state index contributed by atoms with van der Waals surface area (Å²) in [6.07, 6.45) is -0.946. The molecule has 0 N–H and O–H groups in total. The fraction of sp³-hybridized carbons (Fsp3) is 0.800. The normalized spacial score (nSPS) is 14.9. The van der Waals surface area contributed by atoms with Crippen molar-refractivity contribution >= 4 is 34.5 Å². The predicted molar refractivity (Wildman–Crippen MR) is 65.3 cm³/mol. The van der Waals surface area contributed by atoms with Gasteiger partial charge in [-0.2, -0.15) is 8.78 Å². The summed E-state index contributed by atoms with van der Waals surface area (Å²) >= 11 is 1.55. The Morgan fingerprint density at radius 3 is 1.94 bits per heavy atom. The fourth-order valence-electron chi connectivity index (χ4n) is 1.08. The average molecular weight is 364 g/mol. The number of rotatable bonds is 6. The standard InChI is InChI=1S/C10H15F2IO4/c1-4-16-7(14)9(3,13)6-10(11,12)8(15)17-5-2/h4-6H2,1-3H3. The van der Waals surface area contributed by atoms with E-state index in [0.29, 0.717) is 0 Å². The summed E-state index contributed by atoms with van der Waals surface area (Å²) in [7, 11) is 0. The highest BCUT2D eigenvalue weighted by molar-refractivity contribution is 14.1. The molecule has 0 aromatic rings. The van der Waals surface area contributed by atoms with Crippen LogP contribution in [0.15, 0.2) is 0 Å². The first-order valence-electron chi connectivity index (χ1n) is 5.08. The second kappa shape index (κ2) is 6.46. The topological polar surface area (TPSA) is 52.6 Å². The molecule has 100 valence electrons. The smallest absolute Gasteiger partial charge is 0.377 e. The largest absolute Gasteiger partial charge is 0.465 e. The van der Waals surface area contributed by atoms with Gasteiger partial charge >= 0.3 is 17.9 Å². The van der Waals surface area contributed by atoms with Crippen LogP contribution in [0, 0.1) is 0 Å². The Kier molecular flexibility index (Phi) is 6.28. The number of carbonyl (C=O) groups is 2. The summed E-state index contributed by atoms with van der Waals surface area (Å²) in [6, 6.07) is 0. The molecule has 0 aromatic heterocycles.